The summed E-state index contributed by atoms with van der Waals surface area (Å²) in [6, 6.07) is 7.03. The Bertz CT molecular complexity index is 553. The molecule has 1 aromatic carbocycles. The topological polar surface area (TPSA) is 23.5 Å². The van der Waals surface area contributed by atoms with Crippen molar-refractivity contribution >= 4 is 24.0 Å². The normalized spacial score (nSPS) is 20.4. The highest BCUT2D eigenvalue weighted by molar-refractivity contribution is 6.31. The molecule has 1 atom stereocenters. The molecule has 1 aromatic rings. The maximum absolute atomic E-state index is 10.7. The predicted molar refractivity (Wildman–Crippen MR) is 118 cm³/mol. The SMILES string of the molecule is CCN(CCC(O)c1ccc(C2CCCCC2)c(Cl)c1)C1CCCCC1.Cl. The monoisotopic (exact) mass is 413 g/mol. The molecule has 0 radical (unpaired) electrons. The summed E-state index contributed by atoms with van der Waals surface area (Å²) < 4.78 is 0. The van der Waals surface area contributed by atoms with Gasteiger partial charge >= 0.3 is 0 Å². The lowest BCUT2D eigenvalue weighted by molar-refractivity contribution is 0.112. The molecule has 1 N–H and O–H groups in total. The first kappa shape index (κ1) is 23.0. The van der Waals surface area contributed by atoms with E-state index < -0.39 is 6.10 Å². The molecule has 2 saturated carbocycles. The standard InChI is InChI=1S/C23H36ClNO.ClH/c1-2-25(20-11-7-4-8-12-20)16-15-23(26)19-13-14-21(22(24)17-19)18-9-5-3-6-10-18;/h13-14,17-18,20,23,26H,2-12,15-16H2,1H3;1H. The number of aliphatic hydroxyl groups excluding tert-OH is 1. The summed E-state index contributed by atoms with van der Waals surface area (Å²) in [6.45, 7) is 4.31. The largest absolute Gasteiger partial charge is 0.388 e. The van der Waals surface area contributed by atoms with Crippen molar-refractivity contribution in [2.24, 2.45) is 0 Å². The van der Waals surface area contributed by atoms with Crippen LogP contribution >= 0.6 is 24.0 Å². The van der Waals surface area contributed by atoms with E-state index in [2.05, 4.69) is 24.0 Å². The molecule has 0 amide bonds. The zero-order valence-electron chi connectivity index (χ0n) is 16.8. The van der Waals surface area contributed by atoms with Crippen LogP contribution in [0.15, 0.2) is 18.2 Å². The average Bonchev–Trinajstić information content (AvgIpc) is 2.69. The van der Waals surface area contributed by atoms with Crippen molar-refractivity contribution < 1.29 is 5.11 Å². The van der Waals surface area contributed by atoms with E-state index in [-0.39, 0.29) is 12.4 Å². The maximum Gasteiger partial charge on any atom is 0.0802 e. The zero-order chi connectivity index (χ0) is 18.4. The fourth-order valence-corrected chi connectivity index (χ4v) is 5.34. The Hall–Kier alpha value is -0.280. The van der Waals surface area contributed by atoms with Gasteiger partial charge in [0.05, 0.1) is 6.10 Å². The summed E-state index contributed by atoms with van der Waals surface area (Å²) in [5, 5.41) is 11.6. The third-order valence-corrected chi connectivity index (χ3v) is 6.97. The predicted octanol–water partition coefficient (Wildman–Crippen LogP) is 6.89. The number of rotatable bonds is 7. The minimum atomic E-state index is -0.412. The molecule has 2 aliphatic rings. The first-order valence-electron chi connectivity index (χ1n) is 10.9. The van der Waals surface area contributed by atoms with Crippen molar-refractivity contribution in [2.75, 3.05) is 13.1 Å². The summed E-state index contributed by atoms with van der Waals surface area (Å²) in [5.41, 5.74) is 2.27. The molecule has 0 aliphatic heterocycles. The van der Waals surface area contributed by atoms with Gasteiger partial charge in [-0.15, -0.1) is 12.4 Å². The van der Waals surface area contributed by atoms with Gasteiger partial charge in [0.2, 0.25) is 0 Å². The van der Waals surface area contributed by atoms with Gasteiger partial charge < -0.3 is 10.0 Å². The molecule has 3 rings (SSSR count). The Morgan fingerprint density at radius 1 is 1.04 bits per heavy atom. The van der Waals surface area contributed by atoms with Gasteiger partial charge in [0.1, 0.15) is 0 Å². The second-order valence-electron chi connectivity index (χ2n) is 8.34. The Labute approximate surface area is 177 Å². The van der Waals surface area contributed by atoms with E-state index >= 15 is 0 Å². The number of hydrogen-bond donors (Lipinski definition) is 1. The van der Waals surface area contributed by atoms with Crippen LogP contribution in [0.25, 0.3) is 0 Å². The van der Waals surface area contributed by atoms with Gasteiger partial charge in [-0.05, 0) is 61.8 Å². The highest BCUT2D eigenvalue weighted by atomic mass is 35.5. The van der Waals surface area contributed by atoms with Gasteiger partial charge in [-0.25, -0.2) is 0 Å². The van der Waals surface area contributed by atoms with Crippen LogP contribution in [0.3, 0.4) is 0 Å². The molecule has 4 heteroatoms. The van der Waals surface area contributed by atoms with Crippen molar-refractivity contribution in [3.05, 3.63) is 34.3 Å². The van der Waals surface area contributed by atoms with Gasteiger partial charge in [-0.3, -0.25) is 0 Å². The molecule has 0 saturated heterocycles. The van der Waals surface area contributed by atoms with Gasteiger partial charge in [0.15, 0.2) is 0 Å². The third-order valence-electron chi connectivity index (χ3n) is 6.64. The van der Waals surface area contributed by atoms with Gasteiger partial charge in [-0.2, -0.15) is 0 Å². The van der Waals surface area contributed by atoms with Crippen molar-refractivity contribution in [3.63, 3.8) is 0 Å². The van der Waals surface area contributed by atoms with Gasteiger partial charge in [0.25, 0.3) is 0 Å². The molecule has 0 spiro atoms. The van der Waals surface area contributed by atoms with Crippen LogP contribution in [-0.4, -0.2) is 29.1 Å². The lowest BCUT2D eigenvalue weighted by Gasteiger charge is -2.34. The van der Waals surface area contributed by atoms with Gasteiger partial charge in [0, 0.05) is 17.6 Å². The zero-order valence-corrected chi connectivity index (χ0v) is 18.4. The quantitative estimate of drug-likeness (QED) is 0.525. The Kier molecular flexibility index (Phi) is 9.93. The molecule has 1 unspecified atom stereocenters. The van der Waals surface area contributed by atoms with Crippen LogP contribution in [0.1, 0.15) is 101 Å². The molecule has 27 heavy (non-hydrogen) atoms. The molecule has 154 valence electrons. The molecule has 0 heterocycles. The number of nitrogens with zero attached hydrogens (tertiary/aromatic N) is 1. The molecular formula is C23H37Cl2NO. The van der Waals surface area contributed by atoms with Crippen molar-refractivity contribution in [3.8, 4) is 0 Å². The summed E-state index contributed by atoms with van der Waals surface area (Å²) >= 11 is 6.60. The van der Waals surface area contributed by atoms with E-state index in [1.165, 1.54) is 69.8 Å². The van der Waals surface area contributed by atoms with Crippen LogP contribution in [0.4, 0.5) is 0 Å². The number of halogens is 2. The Morgan fingerprint density at radius 3 is 2.26 bits per heavy atom. The molecule has 0 aromatic heterocycles. The van der Waals surface area contributed by atoms with Crippen LogP contribution < -0.4 is 0 Å². The highest BCUT2D eigenvalue weighted by Crippen LogP contribution is 2.37. The van der Waals surface area contributed by atoms with Crippen LogP contribution in [0.5, 0.6) is 0 Å². The molecular weight excluding hydrogens is 377 g/mol. The number of benzene rings is 1. The second-order valence-corrected chi connectivity index (χ2v) is 8.75. The van der Waals surface area contributed by atoms with E-state index in [0.29, 0.717) is 5.92 Å². The number of hydrogen-bond acceptors (Lipinski definition) is 2. The third kappa shape index (κ3) is 6.35. The van der Waals surface area contributed by atoms with Gasteiger partial charge in [-0.1, -0.05) is 69.2 Å². The van der Waals surface area contributed by atoms with Crippen LogP contribution in [0, 0.1) is 0 Å². The molecule has 2 nitrogen and oxygen atoms in total. The smallest absolute Gasteiger partial charge is 0.0802 e. The Morgan fingerprint density at radius 2 is 1.67 bits per heavy atom. The number of aliphatic hydroxyl groups is 1. The van der Waals surface area contributed by atoms with Crippen molar-refractivity contribution in [2.45, 2.75) is 95.6 Å². The summed E-state index contributed by atoms with van der Waals surface area (Å²) in [6.07, 6.45) is 13.7. The lowest BCUT2D eigenvalue weighted by atomic mass is 9.83. The first-order valence-corrected chi connectivity index (χ1v) is 11.3. The Balaban J connectivity index is 0.00000261. The molecule has 2 fully saturated rings. The van der Waals surface area contributed by atoms with E-state index in [0.717, 1.165) is 36.1 Å². The molecule has 2 aliphatic carbocycles. The van der Waals surface area contributed by atoms with E-state index in [1.54, 1.807) is 0 Å². The minimum absolute atomic E-state index is 0. The second kappa shape index (κ2) is 11.7. The molecule has 0 bridgehead atoms. The maximum atomic E-state index is 10.7. The fourth-order valence-electron chi connectivity index (χ4n) is 5.00. The van der Waals surface area contributed by atoms with E-state index in [1.807, 2.05) is 6.07 Å². The summed E-state index contributed by atoms with van der Waals surface area (Å²) in [7, 11) is 0. The van der Waals surface area contributed by atoms with Crippen LogP contribution in [0.2, 0.25) is 5.02 Å². The summed E-state index contributed by atoms with van der Waals surface area (Å²) in [4.78, 5) is 2.57. The fraction of sp³-hybridized carbons (Fsp3) is 0.739. The summed E-state index contributed by atoms with van der Waals surface area (Å²) in [5.74, 6) is 0.615. The highest BCUT2D eigenvalue weighted by Gasteiger charge is 2.22. The minimum Gasteiger partial charge on any atom is -0.388 e. The van der Waals surface area contributed by atoms with E-state index in [4.69, 9.17) is 11.6 Å². The van der Waals surface area contributed by atoms with Crippen LogP contribution in [-0.2, 0) is 0 Å². The average molecular weight is 414 g/mol. The lowest BCUT2D eigenvalue weighted by Crippen LogP contribution is -2.37. The van der Waals surface area contributed by atoms with Crippen molar-refractivity contribution in [1.29, 1.82) is 0 Å². The first-order chi connectivity index (χ1) is 12.7. The van der Waals surface area contributed by atoms with E-state index in [9.17, 15) is 5.11 Å². The van der Waals surface area contributed by atoms with Crippen molar-refractivity contribution in [1.82, 2.24) is 4.90 Å².